The van der Waals surface area contributed by atoms with Crippen molar-refractivity contribution in [1.29, 1.82) is 0 Å². The summed E-state index contributed by atoms with van der Waals surface area (Å²) in [5.74, 6) is 1.63. The van der Waals surface area contributed by atoms with Crippen LogP contribution in [0.3, 0.4) is 0 Å². The standard InChI is InChI=1S/C14H24N2O3/c1-3-18-13(11-7-5-4-6-8-11)14-15-12(19-16-14)9-10(2)17/h10-11,13,17H,3-9H2,1-2H3. The molecule has 1 fully saturated rings. The van der Waals surface area contributed by atoms with Crippen molar-refractivity contribution < 1.29 is 14.4 Å². The van der Waals surface area contributed by atoms with Crippen LogP contribution in [0, 0.1) is 5.92 Å². The summed E-state index contributed by atoms with van der Waals surface area (Å²) in [7, 11) is 0. The molecule has 1 aromatic rings. The SMILES string of the molecule is CCOC(c1noc(CC(C)O)n1)C1CCCCC1. The van der Waals surface area contributed by atoms with E-state index >= 15 is 0 Å². The Bertz CT molecular complexity index is 373. The van der Waals surface area contributed by atoms with Crippen LogP contribution in [-0.2, 0) is 11.2 Å². The zero-order valence-electron chi connectivity index (χ0n) is 11.8. The highest BCUT2D eigenvalue weighted by molar-refractivity contribution is 4.95. The Morgan fingerprint density at radius 3 is 2.74 bits per heavy atom. The van der Waals surface area contributed by atoms with E-state index in [0.29, 0.717) is 30.7 Å². The Morgan fingerprint density at radius 1 is 1.37 bits per heavy atom. The maximum absolute atomic E-state index is 9.35. The van der Waals surface area contributed by atoms with Crippen molar-refractivity contribution in [2.75, 3.05) is 6.61 Å². The van der Waals surface area contributed by atoms with Crippen LogP contribution >= 0.6 is 0 Å². The summed E-state index contributed by atoms with van der Waals surface area (Å²) in [6, 6.07) is 0. The van der Waals surface area contributed by atoms with Crippen LogP contribution in [0.25, 0.3) is 0 Å². The molecule has 0 aliphatic heterocycles. The molecule has 19 heavy (non-hydrogen) atoms. The van der Waals surface area contributed by atoms with E-state index in [4.69, 9.17) is 9.26 Å². The first-order valence-corrected chi connectivity index (χ1v) is 7.32. The minimum absolute atomic E-state index is 0.0585. The molecule has 1 aliphatic carbocycles. The Kier molecular flexibility index (Phi) is 5.34. The van der Waals surface area contributed by atoms with Gasteiger partial charge in [-0.3, -0.25) is 0 Å². The molecule has 1 aromatic heterocycles. The van der Waals surface area contributed by atoms with E-state index in [2.05, 4.69) is 10.1 Å². The van der Waals surface area contributed by atoms with Crippen LogP contribution in [0.5, 0.6) is 0 Å². The van der Waals surface area contributed by atoms with Crippen LogP contribution in [0.1, 0.15) is 63.8 Å². The third-order valence-electron chi connectivity index (χ3n) is 3.63. The van der Waals surface area contributed by atoms with E-state index in [1.54, 1.807) is 6.92 Å². The Hall–Kier alpha value is -0.940. The number of nitrogens with zero attached hydrogens (tertiary/aromatic N) is 2. The minimum atomic E-state index is -0.464. The van der Waals surface area contributed by atoms with Gasteiger partial charge in [0.2, 0.25) is 11.7 Å². The van der Waals surface area contributed by atoms with E-state index in [-0.39, 0.29) is 6.10 Å². The average Bonchev–Trinajstić information content (AvgIpc) is 2.84. The van der Waals surface area contributed by atoms with Gasteiger partial charge in [0, 0.05) is 6.61 Å². The summed E-state index contributed by atoms with van der Waals surface area (Å²) in [6.45, 7) is 4.36. The molecule has 2 atom stereocenters. The van der Waals surface area contributed by atoms with E-state index in [0.717, 1.165) is 0 Å². The number of aliphatic hydroxyl groups is 1. The quantitative estimate of drug-likeness (QED) is 0.859. The molecule has 0 radical (unpaired) electrons. The third kappa shape index (κ3) is 4.01. The predicted molar refractivity (Wildman–Crippen MR) is 70.6 cm³/mol. The number of hydrogen-bond acceptors (Lipinski definition) is 5. The van der Waals surface area contributed by atoms with Crippen LogP contribution in [-0.4, -0.2) is 28.0 Å². The predicted octanol–water partition coefficient (Wildman–Crippen LogP) is 2.65. The highest BCUT2D eigenvalue weighted by atomic mass is 16.5. The smallest absolute Gasteiger partial charge is 0.229 e. The molecule has 1 heterocycles. The fourth-order valence-corrected chi connectivity index (χ4v) is 2.76. The van der Waals surface area contributed by atoms with E-state index < -0.39 is 6.10 Å². The van der Waals surface area contributed by atoms with Gasteiger partial charge in [-0.05, 0) is 32.6 Å². The molecule has 108 valence electrons. The summed E-state index contributed by atoms with van der Waals surface area (Å²) < 4.78 is 11.0. The van der Waals surface area contributed by atoms with Gasteiger partial charge in [-0.1, -0.05) is 24.4 Å². The maximum atomic E-state index is 9.35. The monoisotopic (exact) mass is 268 g/mol. The molecule has 1 saturated carbocycles. The second-order valence-electron chi connectivity index (χ2n) is 5.37. The van der Waals surface area contributed by atoms with E-state index in [1.165, 1.54) is 32.1 Å². The van der Waals surface area contributed by atoms with Crippen LogP contribution in [0.4, 0.5) is 0 Å². The molecule has 0 aromatic carbocycles. The van der Waals surface area contributed by atoms with E-state index in [9.17, 15) is 5.11 Å². The van der Waals surface area contributed by atoms with Gasteiger partial charge in [-0.15, -0.1) is 0 Å². The molecule has 1 N–H and O–H groups in total. The molecule has 0 bridgehead atoms. The number of ether oxygens (including phenoxy) is 1. The zero-order valence-corrected chi connectivity index (χ0v) is 11.8. The molecule has 0 amide bonds. The largest absolute Gasteiger partial charge is 0.393 e. The topological polar surface area (TPSA) is 68.4 Å². The Morgan fingerprint density at radius 2 is 2.11 bits per heavy atom. The molecule has 0 spiro atoms. The van der Waals surface area contributed by atoms with Gasteiger partial charge in [0.1, 0.15) is 6.10 Å². The fraction of sp³-hybridized carbons (Fsp3) is 0.857. The average molecular weight is 268 g/mol. The van der Waals surface area contributed by atoms with Crippen molar-refractivity contribution in [3.05, 3.63) is 11.7 Å². The van der Waals surface area contributed by atoms with Crippen molar-refractivity contribution in [3.8, 4) is 0 Å². The maximum Gasteiger partial charge on any atom is 0.229 e. The molecule has 2 rings (SSSR count). The normalized spacial score (nSPS) is 20.4. The first kappa shape index (κ1) is 14.5. The molecule has 0 saturated heterocycles. The molecule has 2 unspecified atom stereocenters. The first-order valence-electron chi connectivity index (χ1n) is 7.32. The highest BCUT2D eigenvalue weighted by Crippen LogP contribution is 2.35. The van der Waals surface area contributed by atoms with Crippen molar-refractivity contribution in [1.82, 2.24) is 10.1 Å². The molecule has 5 heteroatoms. The Balaban J connectivity index is 2.06. The fourth-order valence-electron chi connectivity index (χ4n) is 2.76. The van der Waals surface area contributed by atoms with Gasteiger partial charge in [0.05, 0.1) is 12.5 Å². The summed E-state index contributed by atoms with van der Waals surface area (Å²) >= 11 is 0. The summed E-state index contributed by atoms with van der Waals surface area (Å²) in [5.41, 5.74) is 0. The summed E-state index contributed by atoms with van der Waals surface area (Å²) in [6.07, 6.45) is 6.05. The van der Waals surface area contributed by atoms with Crippen LogP contribution in [0.2, 0.25) is 0 Å². The summed E-state index contributed by atoms with van der Waals surface area (Å²) in [5, 5.41) is 13.4. The zero-order chi connectivity index (χ0) is 13.7. The van der Waals surface area contributed by atoms with Crippen molar-refractivity contribution in [3.63, 3.8) is 0 Å². The number of aliphatic hydroxyl groups excluding tert-OH is 1. The molecule has 5 nitrogen and oxygen atoms in total. The van der Waals surface area contributed by atoms with Gasteiger partial charge in [0.25, 0.3) is 0 Å². The van der Waals surface area contributed by atoms with Crippen LogP contribution < -0.4 is 0 Å². The molecular weight excluding hydrogens is 244 g/mol. The second kappa shape index (κ2) is 7.01. The lowest BCUT2D eigenvalue weighted by Crippen LogP contribution is -2.20. The van der Waals surface area contributed by atoms with Crippen molar-refractivity contribution in [2.24, 2.45) is 5.92 Å². The van der Waals surface area contributed by atoms with Crippen molar-refractivity contribution in [2.45, 2.75) is 64.6 Å². The molecular formula is C14H24N2O3. The molecule has 1 aliphatic rings. The third-order valence-corrected chi connectivity index (χ3v) is 3.63. The lowest BCUT2D eigenvalue weighted by atomic mass is 9.85. The first-order chi connectivity index (χ1) is 9.20. The lowest BCUT2D eigenvalue weighted by molar-refractivity contribution is -0.00145. The number of hydrogen-bond donors (Lipinski definition) is 1. The number of aromatic nitrogens is 2. The Labute approximate surface area is 114 Å². The van der Waals surface area contributed by atoms with Gasteiger partial charge < -0.3 is 14.4 Å². The minimum Gasteiger partial charge on any atom is -0.393 e. The van der Waals surface area contributed by atoms with Gasteiger partial charge in [0.15, 0.2) is 0 Å². The highest BCUT2D eigenvalue weighted by Gasteiger charge is 2.29. The van der Waals surface area contributed by atoms with E-state index in [1.807, 2.05) is 6.92 Å². The van der Waals surface area contributed by atoms with Gasteiger partial charge in [-0.2, -0.15) is 4.98 Å². The summed E-state index contributed by atoms with van der Waals surface area (Å²) in [4.78, 5) is 4.38. The second-order valence-corrected chi connectivity index (χ2v) is 5.37. The van der Waals surface area contributed by atoms with Gasteiger partial charge >= 0.3 is 0 Å². The number of rotatable bonds is 6. The lowest BCUT2D eigenvalue weighted by Gasteiger charge is -2.27. The van der Waals surface area contributed by atoms with Crippen molar-refractivity contribution >= 4 is 0 Å². The van der Waals surface area contributed by atoms with Gasteiger partial charge in [-0.25, -0.2) is 0 Å². The van der Waals surface area contributed by atoms with Crippen LogP contribution in [0.15, 0.2) is 4.52 Å².